The summed E-state index contributed by atoms with van der Waals surface area (Å²) in [5.41, 5.74) is 1.74. The molecule has 0 radical (unpaired) electrons. The molecule has 0 unspecified atom stereocenters. The first-order chi connectivity index (χ1) is 12.9. The second kappa shape index (κ2) is 9.59. The molecule has 0 heterocycles. The highest BCUT2D eigenvalue weighted by molar-refractivity contribution is 6.32. The number of hydrogen-bond acceptors (Lipinski definition) is 6. The van der Waals surface area contributed by atoms with Crippen LogP contribution in [-0.2, 0) is 19.1 Å². The summed E-state index contributed by atoms with van der Waals surface area (Å²) in [4.78, 5) is 34.9. The number of halogens is 1. The number of benzene rings is 2. The Kier molecular flexibility index (Phi) is 7.19. The van der Waals surface area contributed by atoms with Crippen molar-refractivity contribution in [3.05, 3.63) is 58.6 Å². The number of ether oxygens (including phenoxy) is 3. The minimum Gasteiger partial charge on any atom is -0.480 e. The summed E-state index contributed by atoms with van der Waals surface area (Å²) in [6, 6.07) is 11.3. The van der Waals surface area contributed by atoms with Gasteiger partial charge in [-0.05, 0) is 48.9 Å². The van der Waals surface area contributed by atoms with Gasteiger partial charge in [-0.1, -0.05) is 17.7 Å². The van der Waals surface area contributed by atoms with Crippen LogP contribution in [0.5, 0.6) is 5.75 Å². The van der Waals surface area contributed by atoms with Gasteiger partial charge in [0.15, 0.2) is 13.2 Å². The molecule has 0 saturated heterocycles. The topological polar surface area (TPSA) is 90.9 Å². The predicted octanol–water partition coefficient (Wildman–Crippen LogP) is 3.00. The van der Waals surface area contributed by atoms with Crippen LogP contribution >= 0.6 is 11.6 Å². The average Bonchev–Trinajstić information content (AvgIpc) is 2.67. The Hall–Kier alpha value is -3.06. The van der Waals surface area contributed by atoms with Crippen LogP contribution in [-0.4, -0.2) is 38.2 Å². The molecule has 0 atom stereocenters. The van der Waals surface area contributed by atoms with Crippen LogP contribution in [0.4, 0.5) is 5.69 Å². The quantitative estimate of drug-likeness (QED) is 0.729. The molecule has 0 bridgehead atoms. The molecule has 0 saturated carbocycles. The zero-order valence-electron chi connectivity index (χ0n) is 14.8. The number of rotatable bonds is 7. The minimum absolute atomic E-state index is 0.355. The highest BCUT2D eigenvalue weighted by Gasteiger charge is 2.11. The number of carbonyl (C=O) groups excluding carboxylic acids is 3. The molecule has 142 valence electrons. The van der Waals surface area contributed by atoms with E-state index in [0.29, 0.717) is 22.0 Å². The zero-order valence-corrected chi connectivity index (χ0v) is 15.5. The summed E-state index contributed by atoms with van der Waals surface area (Å²) < 4.78 is 14.7. The van der Waals surface area contributed by atoms with E-state index < -0.39 is 24.5 Å². The lowest BCUT2D eigenvalue weighted by Crippen LogP contribution is -2.23. The summed E-state index contributed by atoms with van der Waals surface area (Å²) in [6.45, 7) is 1.02. The zero-order chi connectivity index (χ0) is 19.8. The van der Waals surface area contributed by atoms with Crippen molar-refractivity contribution in [2.45, 2.75) is 6.92 Å². The van der Waals surface area contributed by atoms with Crippen molar-refractivity contribution >= 4 is 35.1 Å². The monoisotopic (exact) mass is 391 g/mol. The number of methoxy groups -OCH3 is 1. The van der Waals surface area contributed by atoms with E-state index in [9.17, 15) is 14.4 Å². The van der Waals surface area contributed by atoms with E-state index >= 15 is 0 Å². The third-order valence-electron chi connectivity index (χ3n) is 3.39. The molecule has 0 aliphatic carbocycles. The van der Waals surface area contributed by atoms with Gasteiger partial charge in [-0.25, -0.2) is 9.59 Å². The Labute approximate surface area is 161 Å². The molecule has 27 heavy (non-hydrogen) atoms. The van der Waals surface area contributed by atoms with Crippen molar-refractivity contribution in [3.8, 4) is 5.75 Å². The SMILES string of the molecule is COC(=O)c1ccc(NC(=O)COC(=O)COc2cc(C)ccc2Cl)cc1. The highest BCUT2D eigenvalue weighted by Crippen LogP contribution is 2.25. The average molecular weight is 392 g/mol. The van der Waals surface area contributed by atoms with Gasteiger partial charge >= 0.3 is 11.9 Å². The lowest BCUT2D eigenvalue weighted by Gasteiger charge is -2.09. The predicted molar refractivity (Wildman–Crippen MR) is 99.1 cm³/mol. The number of carbonyl (C=O) groups is 3. The standard InChI is InChI=1S/C19H18ClNO6/c1-12-3-8-15(20)16(9-12)26-11-18(23)27-10-17(22)21-14-6-4-13(5-7-14)19(24)25-2/h3-9H,10-11H2,1-2H3,(H,21,22). The van der Waals surface area contributed by atoms with Crippen molar-refractivity contribution in [1.29, 1.82) is 0 Å². The van der Waals surface area contributed by atoms with Crippen LogP contribution in [0.2, 0.25) is 5.02 Å². The van der Waals surface area contributed by atoms with Gasteiger partial charge < -0.3 is 19.5 Å². The summed E-state index contributed by atoms with van der Waals surface area (Å²) in [5.74, 6) is -1.34. The summed E-state index contributed by atoms with van der Waals surface area (Å²) in [5, 5.41) is 2.92. The van der Waals surface area contributed by atoms with Crippen LogP contribution < -0.4 is 10.1 Å². The second-order valence-corrected chi connectivity index (χ2v) is 5.91. The van der Waals surface area contributed by atoms with Gasteiger partial charge in [0.05, 0.1) is 17.7 Å². The number of amides is 1. The van der Waals surface area contributed by atoms with E-state index in [0.717, 1.165) is 5.56 Å². The third-order valence-corrected chi connectivity index (χ3v) is 3.70. The normalized spacial score (nSPS) is 10.0. The van der Waals surface area contributed by atoms with Gasteiger partial charge in [-0.15, -0.1) is 0 Å². The molecule has 1 amide bonds. The molecule has 0 fully saturated rings. The Morgan fingerprint density at radius 3 is 2.41 bits per heavy atom. The largest absolute Gasteiger partial charge is 0.480 e. The fraction of sp³-hybridized carbons (Fsp3) is 0.211. The Balaban J connectivity index is 1.77. The van der Waals surface area contributed by atoms with Crippen molar-refractivity contribution in [1.82, 2.24) is 0 Å². The molecule has 2 aromatic carbocycles. The van der Waals surface area contributed by atoms with Crippen LogP contribution in [0.1, 0.15) is 15.9 Å². The molecule has 2 rings (SSSR count). The Morgan fingerprint density at radius 1 is 1.04 bits per heavy atom. The van der Waals surface area contributed by atoms with E-state index in [1.165, 1.54) is 31.4 Å². The van der Waals surface area contributed by atoms with E-state index in [4.69, 9.17) is 21.1 Å². The highest BCUT2D eigenvalue weighted by atomic mass is 35.5. The fourth-order valence-electron chi connectivity index (χ4n) is 2.05. The molecular weight excluding hydrogens is 374 g/mol. The first-order valence-corrected chi connectivity index (χ1v) is 8.29. The van der Waals surface area contributed by atoms with E-state index in [-0.39, 0.29) is 6.61 Å². The summed E-state index contributed by atoms with van der Waals surface area (Å²) in [6.07, 6.45) is 0. The molecule has 1 N–H and O–H groups in total. The number of aryl methyl sites for hydroxylation is 1. The van der Waals surface area contributed by atoms with Crippen LogP contribution in [0.15, 0.2) is 42.5 Å². The lowest BCUT2D eigenvalue weighted by atomic mass is 10.2. The molecule has 0 aliphatic rings. The number of hydrogen-bond donors (Lipinski definition) is 1. The maximum absolute atomic E-state index is 11.8. The van der Waals surface area contributed by atoms with Gasteiger partial charge in [-0.2, -0.15) is 0 Å². The second-order valence-electron chi connectivity index (χ2n) is 5.50. The Morgan fingerprint density at radius 2 is 1.74 bits per heavy atom. The fourth-order valence-corrected chi connectivity index (χ4v) is 2.22. The number of esters is 2. The van der Waals surface area contributed by atoms with Crippen molar-refractivity contribution < 1.29 is 28.6 Å². The van der Waals surface area contributed by atoms with Gasteiger partial charge in [0, 0.05) is 5.69 Å². The van der Waals surface area contributed by atoms with Crippen LogP contribution in [0.25, 0.3) is 0 Å². The van der Waals surface area contributed by atoms with Crippen molar-refractivity contribution in [2.75, 3.05) is 25.6 Å². The van der Waals surface area contributed by atoms with Gasteiger partial charge in [0.25, 0.3) is 5.91 Å². The smallest absolute Gasteiger partial charge is 0.344 e. The van der Waals surface area contributed by atoms with Crippen LogP contribution in [0, 0.1) is 6.92 Å². The molecular formula is C19H18ClNO6. The van der Waals surface area contributed by atoms with E-state index in [2.05, 4.69) is 10.1 Å². The van der Waals surface area contributed by atoms with Gasteiger partial charge in [-0.3, -0.25) is 4.79 Å². The van der Waals surface area contributed by atoms with Crippen molar-refractivity contribution in [3.63, 3.8) is 0 Å². The van der Waals surface area contributed by atoms with E-state index in [1.807, 2.05) is 13.0 Å². The lowest BCUT2D eigenvalue weighted by molar-refractivity contribution is -0.149. The first-order valence-electron chi connectivity index (χ1n) is 7.92. The number of nitrogens with one attached hydrogen (secondary N) is 1. The maximum atomic E-state index is 11.8. The molecule has 0 spiro atoms. The van der Waals surface area contributed by atoms with Gasteiger partial charge in [0.2, 0.25) is 0 Å². The third kappa shape index (κ3) is 6.31. The molecule has 0 aliphatic heterocycles. The van der Waals surface area contributed by atoms with Crippen molar-refractivity contribution in [2.24, 2.45) is 0 Å². The van der Waals surface area contributed by atoms with Gasteiger partial charge in [0.1, 0.15) is 5.75 Å². The molecule has 2 aromatic rings. The van der Waals surface area contributed by atoms with E-state index in [1.54, 1.807) is 12.1 Å². The first kappa shape index (κ1) is 20.3. The minimum atomic E-state index is -0.705. The molecule has 7 nitrogen and oxygen atoms in total. The molecule has 8 heteroatoms. The Bertz CT molecular complexity index is 835. The summed E-state index contributed by atoms with van der Waals surface area (Å²) >= 11 is 5.97. The number of anilines is 1. The summed E-state index contributed by atoms with van der Waals surface area (Å²) in [7, 11) is 1.28. The maximum Gasteiger partial charge on any atom is 0.344 e. The molecule has 0 aromatic heterocycles. The van der Waals surface area contributed by atoms with Crippen LogP contribution in [0.3, 0.4) is 0 Å².